The highest BCUT2D eigenvalue weighted by Crippen LogP contribution is 2.09. The summed E-state index contributed by atoms with van der Waals surface area (Å²) in [6, 6.07) is 6.42. The van der Waals surface area contributed by atoms with Gasteiger partial charge in [0, 0.05) is 12.6 Å². The summed E-state index contributed by atoms with van der Waals surface area (Å²) in [4.78, 5) is 16.3. The number of halogens is 1. The molecule has 19 heavy (non-hydrogen) atoms. The van der Waals surface area contributed by atoms with Gasteiger partial charge in [-0.15, -0.1) is 0 Å². The Balaban J connectivity index is 2.71. The number of ketones is 1. The summed E-state index contributed by atoms with van der Waals surface area (Å²) in [6.07, 6.45) is 0. The summed E-state index contributed by atoms with van der Waals surface area (Å²) in [5.41, 5.74) is 0.179. The molecule has 3 nitrogen and oxygen atoms in total. The van der Waals surface area contributed by atoms with Crippen molar-refractivity contribution in [2.45, 2.75) is 19.9 Å². The van der Waals surface area contributed by atoms with E-state index in [9.17, 15) is 9.18 Å². The van der Waals surface area contributed by atoms with Crippen LogP contribution in [0.2, 0.25) is 0 Å². The molecule has 4 heteroatoms. The van der Waals surface area contributed by atoms with Crippen molar-refractivity contribution >= 4 is 5.78 Å². The number of carbonyl (C=O) groups excluding carboxylic acids is 1. The van der Waals surface area contributed by atoms with E-state index >= 15 is 0 Å². The van der Waals surface area contributed by atoms with Gasteiger partial charge in [-0.05, 0) is 39.7 Å². The normalized spacial score (nSPS) is 13.0. The number of nitrogens with zero attached hydrogens (tertiary/aromatic N) is 2. The van der Waals surface area contributed by atoms with Crippen LogP contribution in [0.5, 0.6) is 0 Å². The maximum absolute atomic E-state index is 13.6. The zero-order valence-electron chi connectivity index (χ0n) is 12.2. The van der Waals surface area contributed by atoms with Gasteiger partial charge in [0.15, 0.2) is 5.78 Å². The molecule has 0 amide bonds. The van der Waals surface area contributed by atoms with E-state index in [1.165, 1.54) is 6.07 Å². The van der Waals surface area contributed by atoms with Crippen LogP contribution in [0.3, 0.4) is 0 Å². The van der Waals surface area contributed by atoms with Crippen molar-refractivity contribution in [2.24, 2.45) is 0 Å². The Morgan fingerprint density at radius 2 is 1.95 bits per heavy atom. The van der Waals surface area contributed by atoms with E-state index < -0.39 is 5.82 Å². The minimum atomic E-state index is -0.441. The van der Waals surface area contributed by atoms with Crippen LogP contribution in [0.25, 0.3) is 0 Å². The molecule has 0 saturated heterocycles. The van der Waals surface area contributed by atoms with Crippen LogP contribution in [0.1, 0.15) is 24.2 Å². The Morgan fingerprint density at radius 3 is 2.47 bits per heavy atom. The van der Waals surface area contributed by atoms with Crippen LogP contribution < -0.4 is 0 Å². The van der Waals surface area contributed by atoms with Gasteiger partial charge in [-0.25, -0.2) is 4.39 Å². The van der Waals surface area contributed by atoms with Crippen LogP contribution in [0.15, 0.2) is 24.3 Å². The van der Waals surface area contributed by atoms with Crippen LogP contribution in [-0.4, -0.2) is 55.4 Å². The second-order valence-corrected chi connectivity index (χ2v) is 5.08. The van der Waals surface area contributed by atoms with Gasteiger partial charge in [0.05, 0.1) is 12.1 Å². The molecule has 0 aliphatic heterocycles. The standard InChI is InChI=1S/C15H23FN2O/c1-5-18(12(2)10-17(3)4)11-15(19)13-8-6-7-9-14(13)16/h6-9,12H,5,10-11H2,1-4H3. The van der Waals surface area contributed by atoms with E-state index in [1.54, 1.807) is 18.2 Å². The molecule has 0 bridgehead atoms. The first-order valence-corrected chi connectivity index (χ1v) is 6.62. The number of likely N-dealkylation sites (N-methyl/N-ethyl adjacent to an activating group) is 2. The fourth-order valence-electron chi connectivity index (χ4n) is 2.18. The van der Waals surface area contributed by atoms with E-state index in [-0.39, 0.29) is 23.9 Å². The van der Waals surface area contributed by atoms with Crippen molar-refractivity contribution in [3.05, 3.63) is 35.6 Å². The van der Waals surface area contributed by atoms with Gasteiger partial charge in [0.25, 0.3) is 0 Å². The molecule has 0 aliphatic carbocycles. The molecule has 1 aromatic carbocycles. The van der Waals surface area contributed by atoms with Gasteiger partial charge < -0.3 is 4.90 Å². The average molecular weight is 266 g/mol. The van der Waals surface area contributed by atoms with Crippen molar-refractivity contribution in [3.63, 3.8) is 0 Å². The first-order chi connectivity index (χ1) is 8.95. The molecule has 0 fully saturated rings. The fourth-order valence-corrected chi connectivity index (χ4v) is 2.18. The molecule has 0 aliphatic rings. The predicted molar refractivity (Wildman–Crippen MR) is 76.0 cm³/mol. The lowest BCUT2D eigenvalue weighted by molar-refractivity contribution is 0.0884. The number of hydrogen-bond acceptors (Lipinski definition) is 3. The predicted octanol–water partition coefficient (Wildman–Crippen LogP) is 2.28. The number of rotatable bonds is 7. The number of benzene rings is 1. The first-order valence-electron chi connectivity index (χ1n) is 6.62. The highest BCUT2D eigenvalue weighted by atomic mass is 19.1. The third-order valence-electron chi connectivity index (χ3n) is 3.18. The lowest BCUT2D eigenvalue weighted by Gasteiger charge is -2.29. The molecule has 1 unspecified atom stereocenters. The number of hydrogen-bond donors (Lipinski definition) is 0. The van der Waals surface area contributed by atoms with Crippen LogP contribution in [0, 0.1) is 5.82 Å². The second-order valence-electron chi connectivity index (χ2n) is 5.08. The van der Waals surface area contributed by atoms with E-state index in [0.717, 1.165) is 13.1 Å². The summed E-state index contributed by atoms with van der Waals surface area (Å²) in [7, 11) is 4.01. The lowest BCUT2D eigenvalue weighted by atomic mass is 10.1. The molecule has 106 valence electrons. The van der Waals surface area contributed by atoms with E-state index in [4.69, 9.17) is 0 Å². The molecule has 0 saturated carbocycles. The molecule has 0 N–H and O–H groups in total. The molecule has 0 spiro atoms. The molecular formula is C15H23FN2O. The Kier molecular flexibility index (Phi) is 6.12. The Bertz CT molecular complexity index is 420. The van der Waals surface area contributed by atoms with Crippen molar-refractivity contribution in [1.82, 2.24) is 9.80 Å². The number of Topliss-reactive ketones (excluding diaryl/α,β-unsaturated/α-hetero) is 1. The van der Waals surface area contributed by atoms with Gasteiger partial charge in [-0.1, -0.05) is 19.1 Å². The summed E-state index contributed by atoms with van der Waals surface area (Å²) in [6.45, 7) is 6.00. The van der Waals surface area contributed by atoms with Crippen molar-refractivity contribution < 1.29 is 9.18 Å². The Morgan fingerprint density at radius 1 is 1.32 bits per heavy atom. The third kappa shape index (κ3) is 4.73. The maximum Gasteiger partial charge on any atom is 0.179 e. The monoisotopic (exact) mass is 266 g/mol. The van der Waals surface area contributed by atoms with Crippen molar-refractivity contribution in [2.75, 3.05) is 33.7 Å². The van der Waals surface area contributed by atoms with E-state index in [0.29, 0.717) is 0 Å². The summed E-state index contributed by atoms with van der Waals surface area (Å²) in [5, 5.41) is 0. The maximum atomic E-state index is 13.6. The van der Waals surface area contributed by atoms with Gasteiger partial charge in [-0.2, -0.15) is 0 Å². The highest BCUT2D eigenvalue weighted by Gasteiger charge is 2.19. The quantitative estimate of drug-likeness (QED) is 0.707. The number of carbonyl (C=O) groups is 1. The third-order valence-corrected chi connectivity index (χ3v) is 3.18. The summed E-state index contributed by atoms with van der Waals surface area (Å²) < 4.78 is 13.6. The Labute approximate surface area is 115 Å². The van der Waals surface area contributed by atoms with E-state index in [2.05, 4.69) is 16.7 Å². The SMILES string of the molecule is CCN(CC(=O)c1ccccc1F)C(C)CN(C)C. The highest BCUT2D eigenvalue weighted by molar-refractivity contribution is 5.97. The van der Waals surface area contributed by atoms with Crippen molar-refractivity contribution in [1.29, 1.82) is 0 Å². The van der Waals surface area contributed by atoms with E-state index in [1.807, 2.05) is 21.0 Å². The van der Waals surface area contributed by atoms with Crippen LogP contribution in [0.4, 0.5) is 4.39 Å². The fraction of sp³-hybridized carbons (Fsp3) is 0.533. The van der Waals surface area contributed by atoms with Crippen LogP contribution >= 0.6 is 0 Å². The second kappa shape index (κ2) is 7.36. The van der Waals surface area contributed by atoms with Gasteiger partial charge >= 0.3 is 0 Å². The first kappa shape index (κ1) is 15.8. The van der Waals surface area contributed by atoms with Crippen molar-refractivity contribution in [3.8, 4) is 0 Å². The zero-order valence-corrected chi connectivity index (χ0v) is 12.2. The van der Waals surface area contributed by atoms with Gasteiger partial charge in [-0.3, -0.25) is 9.69 Å². The van der Waals surface area contributed by atoms with Gasteiger partial charge in [0.1, 0.15) is 5.82 Å². The summed E-state index contributed by atoms with van der Waals surface area (Å²) >= 11 is 0. The molecule has 1 aromatic rings. The molecule has 1 rings (SSSR count). The lowest BCUT2D eigenvalue weighted by Crippen LogP contribution is -2.42. The minimum Gasteiger partial charge on any atom is -0.308 e. The molecule has 0 heterocycles. The molecule has 1 atom stereocenters. The average Bonchev–Trinajstić information content (AvgIpc) is 2.35. The molecule has 0 aromatic heterocycles. The van der Waals surface area contributed by atoms with Gasteiger partial charge in [0.2, 0.25) is 0 Å². The van der Waals surface area contributed by atoms with Crippen LogP contribution in [-0.2, 0) is 0 Å². The largest absolute Gasteiger partial charge is 0.308 e. The summed E-state index contributed by atoms with van der Waals surface area (Å²) in [5.74, 6) is -0.602. The Hall–Kier alpha value is -1.26. The molecule has 0 radical (unpaired) electrons. The topological polar surface area (TPSA) is 23.6 Å². The molecular weight excluding hydrogens is 243 g/mol. The zero-order chi connectivity index (χ0) is 14.4. The smallest absolute Gasteiger partial charge is 0.179 e. The minimum absolute atomic E-state index is 0.162.